The molecule has 1 aromatic rings. The van der Waals surface area contributed by atoms with Crippen molar-refractivity contribution in [3.8, 4) is 0 Å². The molecule has 0 aliphatic carbocycles. The molecule has 1 aromatic heterocycles. The Morgan fingerprint density at radius 3 is 2.00 bits per heavy atom. The highest BCUT2D eigenvalue weighted by Crippen LogP contribution is 2.13. The zero-order chi connectivity index (χ0) is 10.2. The number of nitrogens with zero attached hydrogens (tertiary/aromatic N) is 3. The number of aromatic nitrogens is 3. The van der Waals surface area contributed by atoms with E-state index >= 15 is 0 Å². The average molecular weight is 197 g/mol. The first-order valence-corrected chi connectivity index (χ1v) is 8.21. The summed E-state index contributed by atoms with van der Waals surface area (Å²) in [4.78, 5) is 4.46. The third-order valence-corrected chi connectivity index (χ3v) is 3.63. The highest BCUT2D eigenvalue weighted by Gasteiger charge is 2.21. The molecule has 0 unspecified atom stereocenters. The van der Waals surface area contributed by atoms with Gasteiger partial charge >= 0.3 is 0 Å². The molecule has 0 aliphatic heterocycles. The van der Waals surface area contributed by atoms with Gasteiger partial charge in [-0.3, -0.25) is 4.35 Å². The molecule has 0 saturated heterocycles. The average Bonchev–Trinajstić information content (AvgIpc) is 2.29. The van der Waals surface area contributed by atoms with E-state index in [1.165, 1.54) is 0 Å². The minimum atomic E-state index is -1.36. The molecule has 0 saturated carbocycles. The van der Waals surface area contributed by atoms with Crippen LogP contribution in [0.4, 0.5) is 0 Å². The number of aryl methyl sites for hydroxylation is 1. The van der Waals surface area contributed by atoms with Crippen LogP contribution in [0.25, 0.3) is 0 Å². The first-order valence-electron chi connectivity index (χ1n) is 4.76. The molecule has 0 radical (unpaired) electrons. The molecule has 13 heavy (non-hydrogen) atoms. The topological polar surface area (TPSA) is 30.7 Å². The van der Waals surface area contributed by atoms with Crippen molar-refractivity contribution in [2.75, 3.05) is 0 Å². The molecule has 0 amide bonds. The van der Waals surface area contributed by atoms with Gasteiger partial charge < -0.3 is 0 Å². The molecule has 0 N–H and O–H groups in total. The molecule has 4 heteroatoms. The van der Waals surface area contributed by atoms with Crippen molar-refractivity contribution in [2.45, 2.75) is 46.3 Å². The Bertz CT molecular complexity index is 296. The van der Waals surface area contributed by atoms with Gasteiger partial charge in [-0.15, -0.1) is 0 Å². The van der Waals surface area contributed by atoms with Crippen molar-refractivity contribution in [1.82, 2.24) is 14.4 Å². The summed E-state index contributed by atoms with van der Waals surface area (Å²) < 4.78 is 2.13. The lowest BCUT2D eigenvalue weighted by molar-refractivity contribution is 0.764. The minimum Gasteiger partial charge on any atom is -0.281 e. The highest BCUT2D eigenvalue weighted by atomic mass is 28.3. The van der Waals surface area contributed by atoms with Crippen LogP contribution in [0, 0.1) is 6.92 Å². The first-order chi connectivity index (χ1) is 5.82. The zero-order valence-corrected chi connectivity index (χ0v) is 10.4. The maximum absolute atomic E-state index is 4.55. The van der Waals surface area contributed by atoms with Gasteiger partial charge in [0, 0.05) is 5.92 Å². The van der Waals surface area contributed by atoms with E-state index in [4.69, 9.17) is 0 Å². The van der Waals surface area contributed by atoms with Crippen molar-refractivity contribution in [3.05, 3.63) is 11.6 Å². The maximum Gasteiger partial charge on any atom is 0.178 e. The quantitative estimate of drug-likeness (QED) is 0.682. The molecular weight excluding hydrogens is 178 g/mol. The molecule has 0 fully saturated rings. The normalized spacial score (nSPS) is 12.5. The Morgan fingerprint density at radius 1 is 1.23 bits per heavy atom. The SMILES string of the molecule is Cc1nc(C(C)C)nn1[Si](C)(C)C. The van der Waals surface area contributed by atoms with Gasteiger partial charge in [0.05, 0.1) is 0 Å². The van der Waals surface area contributed by atoms with Crippen molar-refractivity contribution in [2.24, 2.45) is 0 Å². The summed E-state index contributed by atoms with van der Waals surface area (Å²) in [6.45, 7) is 13.1. The molecule has 3 nitrogen and oxygen atoms in total. The van der Waals surface area contributed by atoms with Gasteiger partial charge in [0.1, 0.15) is 5.82 Å². The van der Waals surface area contributed by atoms with Crippen molar-refractivity contribution in [1.29, 1.82) is 0 Å². The van der Waals surface area contributed by atoms with Crippen LogP contribution in [-0.4, -0.2) is 22.7 Å². The lowest BCUT2D eigenvalue weighted by atomic mass is 10.2. The van der Waals surface area contributed by atoms with Crippen LogP contribution in [0.15, 0.2) is 0 Å². The maximum atomic E-state index is 4.55. The van der Waals surface area contributed by atoms with E-state index < -0.39 is 8.24 Å². The third-order valence-electron chi connectivity index (χ3n) is 1.94. The van der Waals surface area contributed by atoms with E-state index in [9.17, 15) is 0 Å². The highest BCUT2D eigenvalue weighted by molar-refractivity contribution is 6.74. The van der Waals surface area contributed by atoms with E-state index in [1.54, 1.807) is 0 Å². The molecule has 74 valence electrons. The lowest BCUT2D eigenvalue weighted by Gasteiger charge is -2.17. The van der Waals surface area contributed by atoms with Gasteiger partial charge in [-0.1, -0.05) is 13.8 Å². The summed E-state index contributed by atoms with van der Waals surface area (Å²) in [6, 6.07) is 0. The summed E-state index contributed by atoms with van der Waals surface area (Å²) in [5, 5.41) is 4.55. The van der Waals surface area contributed by atoms with Gasteiger partial charge in [0.2, 0.25) is 0 Å². The largest absolute Gasteiger partial charge is 0.281 e. The second-order valence-corrected chi connectivity index (χ2v) is 9.52. The summed E-state index contributed by atoms with van der Waals surface area (Å²) in [7, 11) is -1.36. The Labute approximate surface area is 81.3 Å². The van der Waals surface area contributed by atoms with Crippen LogP contribution in [0.2, 0.25) is 19.6 Å². The fourth-order valence-corrected chi connectivity index (χ4v) is 2.71. The Hall–Kier alpha value is -0.643. The molecule has 0 bridgehead atoms. The smallest absolute Gasteiger partial charge is 0.178 e. The van der Waals surface area contributed by atoms with Gasteiger partial charge in [-0.05, 0) is 26.6 Å². The van der Waals surface area contributed by atoms with E-state index in [0.717, 1.165) is 11.6 Å². The van der Waals surface area contributed by atoms with E-state index in [1.807, 2.05) is 6.92 Å². The second-order valence-electron chi connectivity index (χ2n) is 4.75. The summed E-state index contributed by atoms with van der Waals surface area (Å²) in [5.41, 5.74) is 0. The standard InChI is InChI=1S/C9H19N3Si/c1-7(2)9-10-8(3)12(11-9)13(4,5)6/h7H,1-6H3. The van der Waals surface area contributed by atoms with Crippen molar-refractivity contribution >= 4 is 8.24 Å². The van der Waals surface area contributed by atoms with E-state index in [0.29, 0.717) is 5.92 Å². The summed E-state index contributed by atoms with van der Waals surface area (Å²) in [6.07, 6.45) is 0. The summed E-state index contributed by atoms with van der Waals surface area (Å²) >= 11 is 0. The van der Waals surface area contributed by atoms with Gasteiger partial charge in [-0.25, -0.2) is 4.98 Å². The van der Waals surface area contributed by atoms with Crippen molar-refractivity contribution in [3.63, 3.8) is 0 Å². The van der Waals surface area contributed by atoms with Crippen LogP contribution < -0.4 is 0 Å². The van der Waals surface area contributed by atoms with Crippen LogP contribution in [-0.2, 0) is 0 Å². The minimum absolute atomic E-state index is 0.427. The fraction of sp³-hybridized carbons (Fsp3) is 0.778. The Balaban J connectivity index is 3.11. The number of hydrogen-bond acceptors (Lipinski definition) is 2. The van der Waals surface area contributed by atoms with E-state index in [-0.39, 0.29) is 0 Å². The van der Waals surface area contributed by atoms with Crippen LogP contribution >= 0.6 is 0 Å². The molecule has 1 rings (SSSR count). The second kappa shape index (κ2) is 3.25. The van der Waals surface area contributed by atoms with Crippen molar-refractivity contribution < 1.29 is 0 Å². The van der Waals surface area contributed by atoms with Crippen LogP contribution in [0.3, 0.4) is 0 Å². The first kappa shape index (κ1) is 10.4. The molecule has 1 heterocycles. The Kier molecular flexibility index (Phi) is 2.61. The number of rotatable bonds is 2. The summed E-state index contributed by atoms with van der Waals surface area (Å²) in [5.74, 6) is 2.46. The zero-order valence-electron chi connectivity index (χ0n) is 9.42. The fourth-order valence-electron chi connectivity index (χ4n) is 1.29. The van der Waals surface area contributed by atoms with Gasteiger partial charge in [0.15, 0.2) is 14.1 Å². The molecule has 0 aliphatic rings. The number of hydrogen-bond donors (Lipinski definition) is 0. The van der Waals surface area contributed by atoms with Crippen LogP contribution in [0.5, 0.6) is 0 Å². The van der Waals surface area contributed by atoms with Gasteiger partial charge in [0.25, 0.3) is 0 Å². The van der Waals surface area contributed by atoms with Gasteiger partial charge in [-0.2, -0.15) is 5.10 Å². The van der Waals surface area contributed by atoms with Crippen LogP contribution in [0.1, 0.15) is 31.4 Å². The lowest BCUT2D eigenvalue weighted by Crippen LogP contribution is -2.34. The molecule has 0 aromatic carbocycles. The molecule has 0 atom stereocenters. The Morgan fingerprint density at radius 2 is 1.77 bits per heavy atom. The molecular formula is C9H19N3Si. The molecule has 0 spiro atoms. The predicted molar refractivity (Wildman–Crippen MR) is 57.6 cm³/mol. The van der Waals surface area contributed by atoms with E-state index in [2.05, 4.69) is 47.9 Å². The third kappa shape index (κ3) is 2.18. The predicted octanol–water partition coefficient (Wildman–Crippen LogP) is 2.39. The monoisotopic (exact) mass is 197 g/mol.